The number of anilines is 1. The largest absolute Gasteiger partial charge is 0.455 e. The first-order chi connectivity index (χ1) is 16.2. The van der Waals surface area contributed by atoms with E-state index in [1.807, 2.05) is 54.6 Å². The van der Waals surface area contributed by atoms with Gasteiger partial charge >= 0.3 is 6.03 Å². The number of carbonyl (C=O) groups is 2. The fourth-order valence-electron chi connectivity index (χ4n) is 4.56. The minimum atomic E-state index is -0.0689. The number of para-hydroxylation sites is 3. The molecule has 1 heterocycles. The van der Waals surface area contributed by atoms with Gasteiger partial charge in [0.1, 0.15) is 5.75 Å². The average molecular weight is 451 g/mol. The molecule has 2 fully saturated rings. The van der Waals surface area contributed by atoms with Crippen molar-refractivity contribution in [2.24, 2.45) is 0 Å². The minimum Gasteiger partial charge on any atom is -0.455 e. The van der Waals surface area contributed by atoms with E-state index in [0.717, 1.165) is 44.5 Å². The molecule has 2 aromatic carbocycles. The Morgan fingerprint density at radius 2 is 1.45 bits per heavy atom. The molecule has 2 aromatic rings. The molecule has 176 valence electrons. The van der Waals surface area contributed by atoms with E-state index in [4.69, 9.17) is 4.74 Å². The number of hydrogen-bond donors (Lipinski definition) is 3. The monoisotopic (exact) mass is 450 g/mol. The van der Waals surface area contributed by atoms with Gasteiger partial charge in [-0.05, 0) is 49.9 Å². The van der Waals surface area contributed by atoms with Gasteiger partial charge in [0, 0.05) is 25.2 Å². The molecule has 4 rings (SSSR count). The Kier molecular flexibility index (Phi) is 8.19. The van der Waals surface area contributed by atoms with E-state index in [-0.39, 0.29) is 18.0 Å². The van der Waals surface area contributed by atoms with Gasteiger partial charge in [-0.15, -0.1) is 0 Å². The maximum Gasteiger partial charge on any atom is 0.315 e. The number of nitrogens with one attached hydrogen (secondary N) is 3. The van der Waals surface area contributed by atoms with Crippen LogP contribution >= 0.6 is 0 Å². The molecule has 1 saturated heterocycles. The summed E-state index contributed by atoms with van der Waals surface area (Å²) < 4.78 is 5.93. The molecule has 0 radical (unpaired) electrons. The first-order valence-corrected chi connectivity index (χ1v) is 12.1. The van der Waals surface area contributed by atoms with Crippen LogP contribution in [-0.2, 0) is 4.79 Å². The van der Waals surface area contributed by atoms with Crippen LogP contribution in [0.5, 0.6) is 11.5 Å². The second-order valence-corrected chi connectivity index (χ2v) is 8.96. The fourth-order valence-corrected chi connectivity index (χ4v) is 4.56. The number of likely N-dealkylation sites (tertiary alicyclic amines) is 1. The lowest BCUT2D eigenvalue weighted by Crippen LogP contribution is -2.51. The maximum absolute atomic E-state index is 12.7. The second-order valence-electron chi connectivity index (χ2n) is 8.96. The van der Waals surface area contributed by atoms with Crippen molar-refractivity contribution in [3.63, 3.8) is 0 Å². The first-order valence-electron chi connectivity index (χ1n) is 12.1. The quantitative estimate of drug-likeness (QED) is 0.580. The molecular weight excluding hydrogens is 416 g/mol. The molecule has 1 aliphatic carbocycles. The highest BCUT2D eigenvalue weighted by Crippen LogP contribution is 2.29. The van der Waals surface area contributed by atoms with E-state index in [1.165, 1.54) is 19.3 Å². The average Bonchev–Trinajstić information content (AvgIpc) is 2.83. The number of rotatable bonds is 7. The van der Waals surface area contributed by atoms with Gasteiger partial charge in [0.05, 0.1) is 12.2 Å². The van der Waals surface area contributed by atoms with Crippen molar-refractivity contribution in [1.82, 2.24) is 15.5 Å². The number of urea groups is 1. The molecule has 0 atom stereocenters. The summed E-state index contributed by atoms with van der Waals surface area (Å²) in [6.07, 6.45) is 7.54. The molecule has 33 heavy (non-hydrogen) atoms. The van der Waals surface area contributed by atoms with Gasteiger partial charge in [-0.25, -0.2) is 4.79 Å². The number of benzene rings is 2. The lowest BCUT2D eigenvalue weighted by Gasteiger charge is -2.32. The number of piperidine rings is 1. The van der Waals surface area contributed by atoms with Crippen molar-refractivity contribution in [3.8, 4) is 11.5 Å². The summed E-state index contributed by atoms with van der Waals surface area (Å²) in [5.74, 6) is 1.27. The second kappa shape index (κ2) is 11.7. The van der Waals surface area contributed by atoms with Crippen LogP contribution in [0.3, 0.4) is 0 Å². The third-order valence-corrected chi connectivity index (χ3v) is 6.36. The Balaban J connectivity index is 1.20. The summed E-state index contributed by atoms with van der Waals surface area (Å²) in [6.45, 7) is 1.88. The highest BCUT2D eigenvalue weighted by molar-refractivity contribution is 5.93. The van der Waals surface area contributed by atoms with Gasteiger partial charge in [-0.3, -0.25) is 9.69 Å². The van der Waals surface area contributed by atoms with Crippen LogP contribution in [0.25, 0.3) is 0 Å². The van der Waals surface area contributed by atoms with Crippen molar-refractivity contribution in [1.29, 1.82) is 0 Å². The maximum atomic E-state index is 12.7. The summed E-state index contributed by atoms with van der Waals surface area (Å²) in [6, 6.07) is 17.4. The standard InChI is InChI=1S/C26H34N4O3/c31-25(29-23-13-7-8-14-24(23)33-22-11-5-2-6-12-22)19-30-17-15-21(16-18-30)28-26(32)27-20-9-3-1-4-10-20/h2,5-8,11-14,20-21H,1,3-4,9-10,15-19H2,(H,29,31)(H2,27,28,32). The number of ether oxygens (including phenoxy) is 1. The summed E-state index contributed by atoms with van der Waals surface area (Å²) in [5, 5.41) is 9.22. The normalized spacial score (nSPS) is 17.8. The number of amides is 3. The summed E-state index contributed by atoms with van der Waals surface area (Å²) in [5.41, 5.74) is 0.655. The smallest absolute Gasteiger partial charge is 0.315 e. The lowest BCUT2D eigenvalue weighted by molar-refractivity contribution is -0.117. The van der Waals surface area contributed by atoms with Crippen molar-refractivity contribution < 1.29 is 14.3 Å². The highest BCUT2D eigenvalue weighted by Gasteiger charge is 2.23. The molecule has 0 bridgehead atoms. The Bertz CT molecular complexity index is 907. The molecule has 2 aliphatic rings. The van der Waals surface area contributed by atoms with E-state index in [2.05, 4.69) is 20.9 Å². The molecule has 0 spiro atoms. The first kappa shape index (κ1) is 23.1. The van der Waals surface area contributed by atoms with Gasteiger partial charge in [-0.1, -0.05) is 49.6 Å². The Hall–Kier alpha value is -3.06. The van der Waals surface area contributed by atoms with Crippen LogP contribution in [0, 0.1) is 0 Å². The van der Waals surface area contributed by atoms with Crippen LogP contribution < -0.4 is 20.7 Å². The van der Waals surface area contributed by atoms with Gasteiger partial charge in [0.2, 0.25) is 5.91 Å². The van der Waals surface area contributed by atoms with Crippen LogP contribution in [-0.4, -0.2) is 48.6 Å². The van der Waals surface area contributed by atoms with Crippen LogP contribution in [0.2, 0.25) is 0 Å². The number of carbonyl (C=O) groups excluding carboxylic acids is 2. The Morgan fingerprint density at radius 1 is 0.818 bits per heavy atom. The third-order valence-electron chi connectivity index (χ3n) is 6.36. The lowest BCUT2D eigenvalue weighted by atomic mass is 9.96. The van der Waals surface area contributed by atoms with Gasteiger partial charge in [-0.2, -0.15) is 0 Å². The highest BCUT2D eigenvalue weighted by atomic mass is 16.5. The SMILES string of the molecule is O=C(CN1CCC(NC(=O)NC2CCCCC2)CC1)Nc1ccccc1Oc1ccccc1. The molecule has 7 heteroatoms. The predicted molar refractivity (Wildman–Crippen MR) is 130 cm³/mol. The zero-order valence-corrected chi connectivity index (χ0v) is 19.1. The van der Waals surface area contributed by atoms with Crippen LogP contribution in [0.15, 0.2) is 54.6 Å². The molecule has 3 N–H and O–H groups in total. The van der Waals surface area contributed by atoms with Gasteiger partial charge < -0.3 is 20.7 Å². The zero-order valence-electron chi connectivity index (χ0n) is 19.1. The summed E-state index contributed by atoms with van der Waals surface area (Å²) >= 11 is 0. The minimum absolute atomic E-state index is 0.0480. The van der Waals surface area contributed by atoms with Gasteiger partial charge in [0.15, 0.2) is 5.75 Å². The Morgan fingerprint density at radius 3 is 2.18 bits per heavy atom. The zero-order chi connectivity index (χ0) is 22.9. The van der Waals surface area contributed by atoms with E-state index in [1.54, 1.807) is 0 Å². The topological polar surface area (TPSA) is 82.7 Å². The van der Waals surface area contributed by atoms with E-state index in [9.17, 15) is 9.59 Å². The summed E-state index contributed by atoms with van der Waals surface area (Å²) in [4.78, 5) is 27.1. The number of nitrogens with zero attached hydrogens (tertiary/aromatic N) is 1. The molecule has 1 aliphatic heterocycles. The molecule has 0 aromatic heterocycles. The van der Waals surface area contributed by atoms with Crippen molar-refractivity contribution in [2.75, 3.05) is 25.0 Å². The van der Waals surface area contributed by atoms with Gasteiger partial charge in [0.25, 0.3) is 0 Å². The van der Waals surface area contributed by atoms with E-state index in [0.29, 0.717) is 24.0 Å². The summed E-state index contributed by atoms with van der Waals surface area (Å²) in [7, 11) is 0. The molecule has 1 saturated carbocycles. The van der Waals surface area contributed by atoms with Crippen molar-refractivity contribution in [3.05, 3.63) is 54.6 Å². The number of hydrogen-bond acceptors (Lipinski definition) is 4. The molecule has 7 nitrogen and oxygen atoms in total. The molecule has 0 unspecified atom stereocenters. The Labute approximate surface area is 195 Å². The molecule has 3 amide bonds. The van der Waals surface area contributed by atoms with E-state index >= 15 is 0 Å². The van der Waals surface area contributed by atoms with Crippen molar-refractivity contribution >= 4 is 17.6 Å². The van der Waals surface area contributed by atoms with Crippen LogP contribution in [0.1, 0.15) is 44.9 Å². The van der Waals surface area contributed by atoms with Crippen LogP contribution in [0.4, 0.5) is 10.5 Å². The molecular formula is C26H34N4O3. The van der Waals surface area contributed by atoms with E-state index < -0.39 is 0 Å². The van der Waals surface area contributed by atoms with Crippen molar-refractivity contribution in [2.45, 2.75) is 57.0 Å². The predicted octanol–water partition coefficient (Wildman–Crippen LogP) is 4.51. The third kappa shape index (κ3) is 7.22. The fraction of sp³-hybridized carbons (Fsp3) is 0.462.